The first-order valence-corrected chi connectivity index (χ1v) is 6.70. The van der Waals surface area contributed by atoms with Gasteiger partial charge in [0.25, 0.3) is 0 Å². The minimum absolute atomic E-state index is 0.428. The Hall–Kier alpha value is -1.76. The molecule has 1 heteroatoms. The van der Waals surface area contributed by atoms with Crippen LogP contribution in [0.15, 0.2) is 29.8 Å². The van der Waals surface area contributed by atoms with Crippen molar-refractivity contribution in [1.82, 2.24) is 0 Å². The first-order valence-electron chi connectivity index (χ1n) is 6.70. The second-order valence-electron chi connectivity index (χ2n) is 4.99. The normalized spacial score (nSPS) is 13.8. The third kappa shape index (κ3) is 1.54. The van der Waals surface area contributed by atoms with Crippen molar-refractivity contribution in [3.8, 4) is 5.75 Å². The Balaban J connectivity index is 2.42. The van der Waals surface area contributed by atoms with E-state index in [9.17, 15) is 5.11 Å². The molecule has 0 saturated heterocycles. The fourth-order valence-electron chi connectivity index (χ4n) is 2.95. The Morgan fingerprint density at radius 1 is 1.17 bits per heavy atom. The number of rotatable bonds is 2. The van der Waals surface area contributed by atoms with E-state index in [-0.39, 0.29) is 0 Å². The van der Waals surface area contributed by atoms with Crippen LogP contribution in [0.25, 0.3) is 16.8 Å². The van der Waals surface area contributed by atoms with Crippen LogP contribution < -0.4 is 0 Å². The quantitative estimate of drug-likeness (QED) is 0.819. The Labute approximate surface area is 108 Å². The van der Waals surface area contributed by atoms with E-state index in [4.69, 9.17) is 0 Å². The molecular weight excluding hydrogens is 220 g/mol. The molecule has 1 aliphatic rings. The molecule has 0 heterocycles. The highest BCUT2D eigenvalue weighted by atomic mass is 16.3. The Morgan fingerprint density at radius 3 is 2.72 bits per heavy atom. The standard InChI is InChI=1S/C17H18O/c1-3-11-8-13-6-5-7-14-12(4-2)10-16(18)15(9-11)17(13)14/h5-7,9-10,18H,3-4,8H2,1-2H3. The topological polar surface area (TPSA) is 20.2 Å². The maximum absolute atomic E-state index is 10.2. The SMILES string of the molecule is CCC1=Cc2c(O)cc(CC)c3cccc(c23)C1. The fourth-order valence-corrected chi connectivity index (χ4v) is 2.95. The van der Waals surface area contributed by atoms with E-state index < -0.39 is 0 Å². The number of allylic oxidation sites excluding steroid dienone is 1. The van der Waals surface area contributed by atoms with E-state index in [1.165, 1.54) is 27.5 Å². The van der Waals surface area contributed by atoms with Crippen LogP contribution in [0.3, 0.4) is 0 Å². The van der Waals surface area contributed by atoms with Crippen LogP contribution in [-0.2, 0) is 12.8 Å². The van der Waals surface area contributed by atoms with Gasteiger partial charge < -0.3 is 5.11 Å². The van der Waals surface area contributed by atoms with Gasteiger partial charge in [-0.25, -0.2) is 0 Å². The molecule has 1 nitrogen and oxygen atoms in total. The summed E-state index contributed by atoms with van der Waals surface area (Å²) in [6, 6.07) is 8.42. The summed E-state index contributed by atoms with van der Waals surface area (Å²) in [7, 11) is 0. The summed E-state index contributed by atoms with van der Waals surface area (Å²) in [4.78, 5) is 0. The maximum Gasteiger partial charge on any atom is 0.123 e. The maximum atomic E-state index is 10.2. The van der Waals surface area contributed by atoms with Crippen molar-refractivity contribution in [1.29, 1.82) is 0 Å². The van der Waals surface area contributed by atoms with Gasteiger partial charge in [-0.3, -0.25) is 0 Å². The monoisotopic (exact) mass is 238 g/mol. The van der Waals surface area contributed by atoms with E-state index in [0.717, 1.165) is 24.8 Å². The van der Waals surface area contributed by atoms with Crippen LogP contribution in [-0.4, -0.2) is 5.11 Å². The van der Waals surface area contributed by atoms with Crippen molar-refractivity contribution < 1.29 is 5.11 Å². The van der Waals surface area contributed by atoms with Crippen molar-refractivity contribution >= 4 is 16.8 Å². The van der Waals surface area contributed by atoms with Crippen molar-refractivity contribution in [2.75, 3.05) is 0 Å². The van der Waals surface area contributed by atoms with E-state index in [1.807, 2.05) is 6.07 Å². The van der Waals surface area contributed by atoms with Crippen molar-refractivity contribution in [3.05, 3.63) is 46.5 Å². The van der Waals surface area contributed by atoms with Gasteiger partial charge in [0, 0.05) is 5.56 Å². The molecule has 2 aromatic carbocycles. The smallest absolute Gasteiger partial charge is 0.123 e. The van der Waals surface area contributed by atoms with Gasteiger partial charge in [-0.05, 0) is 47.2 Å². The van der Waals surface area contributed by atoms with E-state index in [0.29, 0.717) is 5.75 Å². The van der Waals surface area contributed by atoms with Gasteiger partial charge in [-0.2, -0.15) is 0 Å². The lowest BCUT2D eigenvalue weighted by molar-refractivity contribution is 0.474. The zero-order chi connectivity index (χ0) is 12.7. The first-order chi connectivity index (χ1) is 8.74. The highest BCUT2D eigenvalue weighted by molar-refractivity contribution is 5.99. The van der Waals surface area contributed by atoms with E-state index >= 15 is 0 Å². The molecule has 3 rings (SSSR count). The second kappa shape index (κ2) is 4.16. The summed E-state index contributed by atoms with van der Waals surface area (Å²) in [5.74, 6) is 0.428. The minimum Gasteiger partial charge on any atom is -0.507 e. The average molecular weight is 238 g/mol. The summed E-state index contributed by atoms with van der Waals surface area (Å²) >= 11 is 0. The highest BCUT2D eigenvalue weighted by Crippen LogP contribution is 2.39. The molecule has 0 spiro atoms. The summed E-state index contributed by atoms with van der Waals surface area (Å²) in [6.45, 7) is 4.31. The summed E-state index contributed by atoms with van der Waals surface area (Å²) in [5, 5.41) is 12.8. The molecule has 0 aliphatic heterocycles. The summed E-state index contributed by atoms with van der Waals surface area (Å²) in [5.41, 5.74) is 5.00. The third-order valence-corrected chi connectivity index (χ3v) is 3.95. The van der Waals surface area contributed by atoms with Crippen molar-refractivity contribution in [3.63, 3.8) is 0 Å². The van der Waals surface area contributed by atoms with Gasteiger partial charge >= 0.3 is 0 Å². The molecule has 0 unspecified atom stereocenters. The Kier molecular flexibility index (Phi) is 2.62. The molecule has 0 atom stereocenters. The first kappa shape index (κ1) is 11.3. The molecule has 0 amide bonds. The number of benzene rings is 2. The Bertz CT molecular complexity index is 650. The van der Waals surface area contributed by atoms with E-state index in [2.05, 4.69) is 38.1 Å². The van der Waals surface area contributed by atoms with Gasteiger partial charge in [0.05, 0.1) is 0 Å². The lowest BCUT2D eigenvalue weighted by Crippen LogP contribution is -2.00. The lowest BCUT2D eigenvalue weighted by Gasteiger charge is -2.20. The van der Waals surface area contributed by atoms with Crippen LogP contribution in [0, 0.1) is 0 Å². The molecule has 0 aromatic heterocycles. The zero-order valence-corrected chi connectivity index (χ0v) is 11.0. The average Bonchev–Trinajstić information content (AvgIpc) is 2.42. The largest absolute Gasteiger partial charge is 0.507 e. The molecule has 0 radical (unpaired) electrons. The number of aryl methyl sites for hydroxylation is 1. The number of aromatic hydroxyl groups is 1. The van der Waals surface area contributed by atoms with Gasteiger partial charge in [-0.1, -0.05) is 43.7 Å². The molecule has 0 saturated carbocycles. The summed E-state index contributed by atoms with van der Waals surface area (Å²) in [6.07, 6.45) is 5.19. The van der Waals surface area contributed by atoms with Gasteiger partial charge in [0.2, 0.25) is 0 Å². The number of hydrogen-bond donors (Lipinski definition) is 1. The van der Waals surface area contributed by atoms with Gasteiger partial charge in [0.15, 0.2) is 0 Å². The highest BCUT2D eigenvalue weighted by Gasteiger charge is 2.17. The molecule has 92 valence electrons. The Morgan fingerprint density at radius 2 is 2.00 bits per heavy atom. The van der Waals surface area contributed by atoms with Gasteiger partial charge in [0.1, 0.15) is 5.75 Å². The van der Waals surface area contributed by atoms with Crippen LogP contribution in [0.2, 0.25) is 0 Å². The second-order valence-corrected chi connectivity index (χ2v) is 4.99. The molecular formula is C17H18O. The molecule has 0 fully saturated rings. The predicted molar refractivity (Wildman–Crippen MR) is 77.0 cm³/mol. The molecule has 0 bridgehead atoms. The van der Waals surface area contributed by atoms with Crippen molar-refractivity contribution in [2.24, 2.45) is 0 Å². The number of hydrogen-bond acceptors (Lipinski definition) is 1. The molecule has 1 N–H and O–H groups in total. The summed E-state index contributed by atoms with van der Waals surface area (Å²) < 4.78 is 0. The van der Waals surface area contributed by atoms with Crippen LogP contribution >= 0.6 is 0 Å². The molecule has 1 aliphatic carbocycles. The van der Waals surface area contributed by atoms with Crippen molar-refractivity contribution in [2.45, 2.75) is 33.1 Å². The minimum atomic E-state index is 0.428. The molecule has 18 heavy (non-hydrogen) atoms. The van der Waals surface area contributed by atoms with Crippen LogP contribution in [0.5, 0.6) is 5.75 Å². The predicted octanol–water partition coefficient (Wildman–Crippen LogP) is 4.46. The number of phenols is 1. The van der Waals surface area contributed by atoms with Gasteiger partial charge in [-0.15, -0.1) is 0 Å². The third-order valence-electron chi connectivity index (χ3n) is 3.95. The van der Waals surface area contributed by atoms with Crippen LogP contribution in [0.4, 0.5) is 0 Å². The van der Waals surface area contributed by atoms with Crippen LogP contribution in [0.1, 0.15) is 37.0 Å². The lowest BCUT2D eigenvalue weighted by atomic mass is 9.85. The number of phenolic OH excluding ortho intramolecular Hbond substituents is 1. The molecule has 2 aromatic rings. The fraction of sp³-hybridized carbons (Fsp3) is 0.294. The van der Waals surface area contributed by atoms with E-state index in [1.54, 1.807) is 0 Å². The zero-order valence-electron chi connectivity index (χ0n) is 11.0.